The molecule has 6 rings (SSSR count). The molecule has 2 aliphatic rings. The molecule has 0 radical (unpaired) electrons. The molecule has 4 heterocycles. The number of hydrogen-bond acceptors (Lipinski definition) is 7. The predicted molar refractivity (Wildman–Crippen MR) is 158 cm³/mol. The van der Waals surface area contributed by atoms with Crippen molar-refractivity contribution in [2.75, 3.05) is 41.4 Å². The van der Waals surface area contributed by atoms with Crippen LogP contribution in [0.3, 0.4) is 0 Å². The third-order valence-corrected chi connectivity index (χ3v) is 7.42. The minimum Gasteiger partial charge on any atom is -0.497 e. The summed E-state index contributed by atoms with van der Waals surface area (Å²) < 4.78 is 42.3. The van der Waals surface area contributed by atoms with Gasteiger partial charge in [-0.3, -0.25) is 10.1 Å². The number of hydrogen-bond donors (Lipinski definition) is 6. The van der Waals surface area contributed by atoms with Gasteiger partial charge in [0.25, 0.3) is 0 Å². The summed E-state index contributed by atoms with van der Waals surface area (Å²) in [6.45, 7) is 2.81. The zero-order chi connectivity index (χ0) is 32.2. The van der Waals surface area contributed by atoms with E-state index in [1.165, 1.54) is 22.2 Å². The van der Waals surface area contributed by atoms with Crippen molar-refractivity contribution in [1.82, 2.24) is 25.5 Å². The normalized spacial score (nSPS) is 17.5. The van der Waals surface area contributed by atoms with E-state index in [2.05, 4.69) is 37.6 Å². The fraction of sp³-hybridized carbons (Fsp3) is 0.400. The number of benzene rings is 2. The Morgan fingerprint density at radius 2 is 1.52 bits per heavy atom. The highest BCUT2D eigenvalue weighted by Crippen LogP contribution is 2.34. The second-order valence-electron chi connectivity index (χ2n) is 10.8. The Morgan fingerprint density at radius 1 is 0.955 bits per heavy atom. The maximum absolute atomic E-state index is 11.6. The Kier molecular flexibility index (Phi) is 10.1. The fourth-order valence-corrected chi connectivity index (χ4v) is 5.49. The molecule has 2 aliphatic heterocycles. The van der Waals surface area contributed by atoms with Gasteiger partial charge in [0.05, 0.1) is 14.2 Å². The predicted octanol–water partition coefficient (Wildman–Crippen LogP) is 3.83. The second kappa shape index (κ2) is 13.6. The quantitative estimate of drug-likeness (QED) is 0.196. The number of aromatic amines is 2. The van der Waals surface area contributed by atoms with Gasteiger partial charge in [-0.05, 0) is 81.0 Å². The van der Waals surface area contributed by atoms with Crippen LogP contribution < -0.4 is 20.1 Å². The molecule has 0 fully saturated rings. The number of carboxylic acids is 2. The molecule has 4 aromatic rings. The smallest absolute Gasteiger partial charge is 0.490 e. The van der Waals surface area contributed by atoms with Crippen molar-refractivity contribution < 1.29 is 42.4 Å². The van der Waals surface area contributed by atoms with Gasteiger partial charge in [0.2, 0.25) is 0 Å². The fourth-order valence-electron chi connectivity index (χ4n) is 5.49. The lowest BCUT2D eigenvalue weighted by Crippen LogP contribution is -2.47. The molecule has 0 spiro atoms. The number of nitrogens with one attached hydrogen (secondary N) is 4. The molecule has 0 aliphatic carbocycles. The molecule has 0 amide bonds. The monoisotopic (exact) mass is 619 g/mol. The molecule has 2 unspecified atom stereocenters. The molecule has 0 saturated heterocycles. The number of fused-ring (bicyclic) bond motifs is 6. The van der Waals surface area contributed by atoms with E-state index in [0.717, 1.165) is 66.1 Å². The zero-order valence-electron chi connectivity index (χ0n) is 24.8. The second-order valence-corrected chi connectivity index (χ2v) is 10.8. The summed E-state index contributed by atoms with van der Waals surface area (Å²) in [6, 6.07) is 11.4. The van der Waals surface area contributed by atoms with Crippen LogP contribution in [0.1, 0.15) is 28.6 Å². The van der Waals surface area contributed by atoms with E-state index in [-0.39, 0.29) is 6.04 Å². The SMILES string of the molecule is COc1ccc2[nH]c3c(c2c1)CC(CN(C)C)NC3C(=O)O.COc1ccc2[nH]c3c(c2c1)CCNC3.O=C(O)C(F)(F)F. The number of aliphatic carboxylic acids is 2. The summed E-state index contributed by atoms with van der Waals surface area (Å²) in [4.78, 5) is 29.3. The zero-order valence-corrected chi connectivity index (χ0v) is 24.8. The lowest BCUT2D eigenvalue weighted by atomic mass is 9.93. The van der Waals surface area contributed by atoms with Crippen LogP contribution in [-0.4, -0.2) is 90.6 Å². The van der Waals surface area contributed by atoms with Gasteiger partial charge in [-0.15, -0.1) is 0 Å². The van der Waals surface area contributed by atoms with Gasteiger partial charge in [0, 0.05) is 52.3 Å². The molecule has 14 heteroatoms. The van der Waals surface area contributed by atoms with Crippen molar-refractivity contribution in [3.63, 3.8) is 0 Å². The number of carboxylic acid groups (broad SMARTS) is 2. The van der Waals surface area contributed by atoms with Gasteiger partial charge in [-0.25, -0.2) is 4.79 Å². The summed E-state index contributed by atoms with van der Waals surface area (Å²) in [5.41, 5.74) is 6.76. The third-order valence-electron chi connectivity index (χ3n) is 7.42. The first-order valence-electron chi connectivity index (χ1n) is 13.8. The maximum Gasteiger partial charge on any atom is 0.490 e. The first kappa shape index (κ1) is 32.6. The lowest BCUT2D eigenvalue weighted by molar-refractivity contribution is -0.192. The van der Waals surface area contributed by atoms with Crippen molar-refractivity contribution in [3.05, 3.63) is 58.9 Å². The number of H-pyrrole nitrogens is 2. The minimum absolute atomic E-state index is 0.105. The van der Waals surface area contributed by atoms with Crippen molar-refractivity contribution >= 4 is 33.7 Å². The van der Waals surface area contributed by atoms with E-state index in [9.17, 15) is 23.1 Å². The standard InChI is InChI=1S/C16H21N3O3.C12H14N2O.C2HF3O2/c1-19(2)8-9-6-12-11-7-10(22-3)4-5-13(11)18-14(12)15(17-9)16(20)21;1-15-8-2-3-11-10(6-8)9-4-5-13-7-12(9)14-11;3-2(4,5)1(6)7/h4-5,7,9,15,17-18H,6,8H2,1-3H3,(H,20,21);2-3,6,13-14H,4-5,7H2,1H3;(H,6,7). The molecule has 44 heavy (non-hydrogen) atoms. The Labute approximate surface area is 251 Å². The molecule has 238 valence electrons. The highest BCUT2D eigenvalue weighted by atomic mass is 19.4. The van der Waals surface area contributed by atoms with Crippen LogP contribution in [0.5, 0.6) is 11.5 Å². The van der Waals surface area contributed by atoms with Crippen LogP contribution in [0, 0.1) is 0 Å². The molecular weight excluding hydrogens is 583 g/mol. The van der Waals surface area contributed by atoms with E-state index in [1.54, 1.807) is 14.2 Å². The van der Waals surface area contributed by atoms with E-state index in [1.807, 2.05) is 38.4 Å². The Bertz CT molecular complexity index is 1630. The summed E-state index contributed by atoms with van der Waals surface area (Å²) >= 11 is 0. The highest BCUT2D eigenvalue weighted by molar-refractivity contribution is 5.89. The molecular formula is C30H36F3N5O6. The summed E-state index contributed by atoms with van der Waals surface area (Å²) in [5.74, 6) is -1.90. The van der Waals surface area contributed by atoms with Crippen molar-refractivity contribution in [1.29, 1.82) is 0 Å². The van der Waals surface area contributed by atoms with E-state index >= 15 is 0 Å². The van der Waals surface area contributed by atoms with Crippen molar-refractivity contribution in [3.8, 4) is 11.5 Å². The average molecular weight is 620 g/mol. The van der Waals surface area contributed by atoms with E-state index in [4.69, 9.17) is 19.4 Å². The Balaban J connectivity index is 0.000000173. The third kappa shape index (κ3) is 7.44. The van der Waals surface area contributed by atoms with Gasteiger partial charge in [-0.1, -0.05) is 0 Å². The summed E-state index contributed by atoms with van der Waals surface area (Å²) in [6.07, 6.45) is -3.19. The highest BCUT2D eigenvalue weighted by Gasteiger charge is 2.38. The molecule has 2 aromatic heterocycles. The van der Waals surface area contributed by atoms with Crippen LogP contribution in [0.25, 0.3) is 21.8 Å². The number of rotatable bonds is 5. The van der Waals surface area contributed by atoms with Gasteiger partial charge < -0.3 is 39.9 Å². The number of aromatic nitrogens is 2. The summed E-state index contributed by atoms with van der Waals surface area (Å²) in [5, 5.41) is 25.6. The van der Waals surface area contributed by atoms with Crippen LogP contribution in [0.15, 0.2) is 36.4 Å². The number of nitrogens with zero attached hydrogens (tertiary/aromatic N) is 1. The number of likely N-dealkylation sites (N-methyl/N-ethyl adjacent to an activating group) is 1. The summed E-state index contributed by atoms with van der Waals surface area (Å²) in [7, 11) is 7.33. The van der Waals surface area contributed by atoms with Gasteiger partial charge in [0.1, 0.15) is 17.5 Å². The van der Waals surface area contributed by atoms with Crippen molar-refractivity contribution in [2.45, 2.75) is 37.6 Å². The number of halogens is 3. The topological polar surface area (TPSA) is 152 Å². The van der Waals surface area contributed by atoms with Crippen LogP contribution in [0.2, 0.25) is 0 Å². The molecule has 0 saturated carbocycles. The largest absolute Gasteiger partial charge is 0.497 e. The van der Waals surface area contributed by atoms with E-state index < -0.39 is 24.2 Å². The first-order chi connectivity index (χ1) is 20.8. The van der Waals surface area contributed by atoms with Crippen LogP contribution in [0.4, 0.5) is 13.2 Å². The molecule has 0 bridgehead atoms. The number of carbonyl (C=O) groups is 2. The maximum atomic E-state index is 11.6. The number of alkyl halides is 3. The molecule has 11 nitrogen and oxygen atoms in total. The Morgan fingerprint density at radius 3 is 2.05 bits per heavy atom. The minimum atomic E-state index is -5.08. The number of ether oxygens (including phenoxy) is 2. The Hall–Kier alpha value is -4.27. The number of methoxy groups -OCH3 is 2. The average Bonchev–Trinajstić information content (AvgIpc) is 3.54. The van der Waals surface area contributed by atoms with Crippen LogP contribution >= 0.6 is 0 Å². The van der Waals surface area contributed by atoms with Crippen LogP contribution in [-0.2, 0) is 29.0 Å². The van der Waals surface area contributed by atoms with Gasteiger partial charge in [0.15, 0.2) is 0 Å². The van der Waals surface area contributed by atoms with Crippen molar-refractivity contribution in [2.24, 2.45) is 0 Å². The van der Waals surface area contributed by atoms with Gasteiger partial charge >= 0.3 is 18.1 Å². The molecule has 2 aromatic carbocycles. The lowest BCUT2D eigenvalue weighted by Gasteiger charge is -2.30. The van der Waals surface area contributed by atoms with Gasteiger partial charge in [-0.2, -0.15) is 13.2 Å². The molecule has 2 atom stereocenters. The molecule has 6 N–H and O–H groups in total. The first-order valence-corrected chi connectivity index (χ1v) is 13.8. The van der Waals surface area contributed by atoms with E-state index in [0.29, 0.717) is 0 Å².